The molecule has 2 aromatic carbocycles. The van der Waals surface area contributed by atoms with E-state index in [9.17, 15) is 37.8 Å². The van der Waals surface area contributed by atoms with Crippen molar-refractivity contribution in [1.82, 2.24) is 5.32 Å². The third-order valence-corrected chi connectivity index (χ3v) is 9.12. The van der Waals surface area contributed by atoms with E-state index in [1.165, 1.54) is 12.2 Å². The van der Waals surface area contributed by atoms with E-state index in [4.69, 9.17) is 52.1 Å². The Labute approximate surface area is 236 Å². The van der Waals surface area contributed by atoms with Crippen molar-refractivity contribution in [3.8, 4) is 0 Å². The minimum Gasteiger partial charge on any atom is -0.369 e. The summed E-state index contributed by atoms with van der Waals surface area (Å²) in [6.45, 7) is 0. The lowest BCUT2D eigenvalue weighted by atomic mass is 9.73. The monoisotopic (exact) mass is 656 g/mol. The molecule has 0 aliphatic heterocycles. The first-order valence-electron chi connectivity index (χ1n) is 10.6. The van der Waals surface area contributed by atoms with Crippen LogP contribution in [0.5, 0.6) is 0 Å². The average molecular weight is 658 g/mol. The zero-order valence-corrected chi connectivity index (χ0v) is 22.7. The average Bonchev–Trinajstić information content (AvgIpc) is 3.35. The topological polar surface area (TPSA) is 72.2 Å². The number of primary amides is 1. The number of nitrogens with one attached hydrogen (secondary N) is 1. The predicted molar refractivity (Wildman–Crippen MR) is 136 cm³/mol. The van der Waals surface area contributed by atoms with Gasteiger partial charge in [0.05, 0.1) is 11.3 Å². The summed E-state index contributed by atoms with van der Waals surface area (Å²) in [7, 11) is -10.1. The van der Waals surface area contributed by atoms with Crippen molar-refractivity contribution in [2.24, 2.45) is 11.7 Å². The van der Waals surface area contributed by atoms with Gasteiger partial charge in [-0.15, -0.1) is 34.8 Å². The third kappa shape index (κ3) is 5.46. The molecule has 1 fully saturated rings. The molecule has 2 aliphatic carbocycles. The summed E-state index contributed by atoms with van der Waals surface area (Å²) >= 11 is 24.2. The van der Waals surface area contributed by atoms with Crippen molar-refractivity contribution in [3.63, 3.8) is 0 Å². The van der Waals surface area contributed by atoms with Crippen LogP contribution in [0.1, 0.15) is 17.0 Å². The molecule has 4 nitrogen and oxygen atoms in total. The fourth-order valence-electron chi connectivity index (χ4n) is 4.46. The van der Waals surface area contributed by atoms with E-state index >= 15 is 0 Å². The van der Waals surface area contributed by atoms with Gasteiger partial charge < -0.3 is 11.1 Å². The molecule has 3 N–H and O–H groups in total. The summed E-state index contributed by atoms with van der Waals surface area (Å²) < 4.78 is 93.1. The van der Waals surface area contributed by atoms with E-state index in [1.807, 2.05) is 0 Å². The van der Waals surface area contributed by atoms with Gasteiger partial charge >= 0.3 is 10.2 Å². The molecule has 0 saturated heterocycles. The van der Waals surface area contributed by atoms with Gasteiger partial charge in [0.2, 0.25) is 11.8 Å². The van der Waals surface area contributed by atoms with Gasteiger partial charge in [-0.25, -0.2) is 8.78 Å². The van der Waals surface area contributed by atoms with Crippen LogP contribution < -0.4 is 11.1 Å². The first-order chi connectivity index (χ1) is 17.6. The number of allylic oxidation sites excluding steroid dienone is 2. The second kappa shape index (κ2) is 8.69. The first kappa shape index (κ1) is 29.9. The van der Waals surface area contributed by atoms with Crippen molar-refractivity contribution in [3.05, 3.63) is 88.1 Å². The summed E-state index contributed by atoms with van der Waals surface area (Å²) in [5, 5.41) is 0.382. The third-order valence-electron chi connectivity index (χ3n) is 6.35. The van der Waals surface area contributed by atoms with Gasteiger partial charge in [-0.2, -0.15) is 0 Å². The number of alkyl halides is 3. The highest BCUT2D eigenvalue weighted by molar-refractivity contribution is 8.45. The van der Waals surface area contributed by atoms with Crippen LogP contribution in [0.2, 0.25) is 5.02 Å². The Morgan fingerprint density at radius 1 is 1.00 bits per heavy atom. The van der Waals surface area contributed by atoms with E-state index in [2.05, 4.69) is 5.32 Å². The minimum absolute atomic E-state index is 0.0480. The predicted octanol–water partition coefficient (Wildman–Crippen LogP) is 7.76. The molecule has 4 atom stereocenters. The summed E-state index contributed by atoms with van der Waals surface area (Å²) in [6, 6.07) is 3.41. The number of nitrogens with two attached hydrogens (primary N) is 1. The van der Waals surface area contributed by atoms with E-state index in [0.29, 0.717) is 6.07 Å². The van der Waals surface area contributed by atoms with Crippen LogP contribution in [0.3, 0.4) is 0 Å². The molecule has 16 heteroatoms. The van der Waals surface area contributed by atoms with Gasteiger partial charge in [0.1, 0.15) is 26.3 Å². The Balaban J connectivity index is 1.68. The van der Waals surface area contributed by atoms with E-state index in [1.54, 1.807) is 0 Å². The van der Waals surface area contributed by atoms with Crippen LogP contribution in [0.25, 0.3) is 0 Å². The maximum Gasteiger partial charge on any atom is 0.310 e. The molecule has 0 spiro atoms. The van der Waals surface area contributed by atoms with Crippen molar-refractivity contribution >= 4 is 68.4 Å². The first-order valence-corrected chi connectivity index (χ1v) is 14.1. The standard InChI is InChI=1S/C23H15Cl4F7N2O2S/c24-11-5-10(6-14(7-11)39(30,31,32,33)34)18-19(23(18,26)27)20(37)36-13-2-4-17(25)22(9-13,21(35)38)15-3-1-12(28)8-16(15)29/h1-9,17-19H,(H2,35,38)(H,36,37)/t17-,18?,19?,22-/m0/s1. The number of hydrogen-bond donors (Lipinski definition) is 2. The lowest BCUT2D eigenvalue weighted by Crippen LogP contribution is -2.49. The number of carbonyl (C=O) groups excluding carboxylic acids is 2. The Morgan fingerprint density at radius 2 is 1.64 bits per heavy atom. The SMILES string of the molecule is NC(=O)[C@]1(c2ccc(F)cc2F)C=C(NC(=O)C2C(c3cc(Cl)cc(S(F)(F)(F)(F)F)c3)C2(Cl)Cl)C=C[C@@H]1Cl. The largest absolute Gasteiger partial charge is 0.369 e. The van der Waals surface area contributed by atoms with Crippen molar-refractivity contribution < 1.29 is 37.8 Å². The number of hydrogen-bond acceptors (Lipinski definition) is 2. The van der Waals surface area contributed by atoms with Crippen LogP contribution in [-0.2, 0) is 15.0 Å². The van der Waals surface area contributed by atoms with Crippen LogP contribution >= 0.6 is 56.6 Å². The summed E-state index contributed by atoms with van der Waals surface area (Å²) in [5.74, 6) is -7.08. The number of amides is 2. The fraction of sp³-hybridized carbons (Fsp3) is 0.217. The highest BCUT2D eigenvalue weighted by atomic mass is 35.5. The molecule has 0 heterocycles. The number of carbonyl (C=O) groups is 2. The molecule has 4 rings (SSSR count). The van der Waals surface area contributed by atoms with Crippen LogP contribution in [0.15, 0.2) is 65.2 Å². The zero-order chi connectivity index (χ0) is 29.4. The van der Waals surface area contributed by atoms with Crippen molar-refractivity contribution in [2.75, 3.05) is 0 Å². The maximum absolute atomic E-state index is 14.7. The van der Waals surface area contributed by atoms with Crippen LogP contribution in [0.4, 0.5) is 28.2 Å². The molecule has 2 amide bonds. The molecule has 2 aromatic rings. The smallest absolute Gasteiger partial charge is 0.310 e. The Bertz CT molecular complexity index is 1480. The normalized spacial score (nSPS) is 27.7. The van der Waals surface area contributed by atoms with Crippen LogP contribution in [0, 0.1) is 17.6 Å². The lowest BCUT2D eigenvalue weighted by Gasteiger charge is -2.40. The second-order valence-electron chi connectivity index (χ2n) is 9.03. The highest BCUT2D eigenvalue weighted by Crippen LogP contribution is 3.02. The Kier molecular flexibility index (Phi) is 6.65. The van der Waals surface area contributed by atoms with Gasteiger partial charge in [-0.1, -0.05) is 43.2 Å². The Morgan fingerprint density at radius 3 is 2.21 bits per heavy atom. The fourth-order valence-corrected chi connectivity index (χ4v) is 6.66. The Hall–Kier alpha value is -2.12. The van der Waals surface area contributed by atoms with Crippen molar-refractivity contribution in [2.45, 2.75) is 25.9 Å². The molecule has 2 unspecified atom stereocenters. The molecular formula is C23H15Cl4F7N2O2S. The number of rotatable bonds is 6. The molecule has 0 aromatic heterocycles. The van der Waals surface area contributed by atoms with Crippen molar-refractivity contribution in [1.29, 1.82) is 0 Å². The van der Waals surface area contributed by atoms with Gasteiger partial charge in [-0.05, 0) is 42.0 Å². The molecule has 212 valence electrons. The van der Waals surface area contributed by atoms with Crippen LogP contribution in [-0.4, -0.2) is 21.5 Å². The minimum atomic E-state index is -10.1. The van der Waals surface area contributed by atoms with Gasteiger partial charge in [0, 0.05) is 28.3 Å². The highest BCUT2D eigenvalue weighted by Gasteiger charge is 2.69. The zero-order valence-electron chi connectivity index (χ0n) is 18.9. The molecule has 0 radical (unpaired) electrons. The molecule has 39 heavy (non-hydrogen) atoms. The summed E-state index contributed by atoms with van der Waals surface area (Å²) in [5.41, 5.74) is 2.42. The molecule has 0 bridgehead atoms. The maximum atomic E-state index is 14.7. The second-order valence-corrected chi connectivity index (χ2v) is 13.8. The number of halogens is 11. The van der Waals surface area contributed by atoms with Gasteiger partial charge in [0.15, 0.2) is 0 Å². The molecule has 2 aliphatic rings. The summed E-state index contributed by atoms with van der Waals surface area (Å²) in [4.78, 5) is 23.3. The lowest BCUT2D eigenvalue weighted by molar-refractivity contribution is -0.123. The number of benzene rings is 2. The van der Waals surface area contributed by atoms with Gasteiger partial charge in [0.25, 0.3) is 0 Å². The molecular weight excluding hydrogens is 643 g/mol. The summed E-state index contributed by atoms with van der Waals surface area (Å²) in [6.07, 6.45) is 3.45. The quantitative estimate of drug-likeness (QED) is 0.246. The van der Waals surface area contributed by atoms with E-state index in [0.717, 1.165) is 24.3 Å². The van der Waals surface area contributed by atoms with Gasteiger partial charge in [-0.3, -0.25) is 9.59 Å². The van der Waals surface area contributed by atoms with E-state index < -0.39 is 81.7 Å². The van der Waals surface area contributed by atoms with E-state index in [-0.39, 0.29) is 17.8 Å². The molecule has 1 saturated carbocycles.